The third kappa shape index (κ3) is 5.05. The summed E-state index contributed by atoms with van der Waals surface area (Å²) in [6.07, 6.45) is 1.12. The van der Waals surface area contributed by atoms with Gasteiger partial charge in [0.05, 0.1) is 13.7 Å². The van der Waals surface area contributed by atoms with Crippen LogP contribution >= 0.6 is 0 Å². The molecule has 3 amide bonds. The van der Waals surface area contributed by atoms with E-state index in [9.17, 15) is 19.2 Å². The Morgan fingerprint density at radius 1 is 1.52 bits per heavy atom. The molecule has 0 bridgehead atoms. The summed E-state index contributed by atoms with van der Waals surface area (Å²) in [5.41, 5.74) is -0.328. The first kappa shape index (κ1) is 16.9. The molecule has 1 rings (SSSR count). The van der Waals surface area contributed by atoms with Gasteiger partial charge in [0.2, 0.25) is 18.2 Å². The molecular formula is C13H21N3O5. The fourth-order valence-electron chi connectivity index (χ4n) is 2.41. The van der Waals surface area contributed by atoms with Crippen LogP contribution < -0.4 is 16.0 Å². The van der Waals surface area contributed by atoms with Crippen LogP contribution in [0.4, 0.5) is 0 Å². The highest BCUT2D eigenvalue weighted by molar-refractivity contribution is 5.87. The maximum atomic E-state index is 11.9. The van der Waals surface area contributed by atoms with Gasteiger partial charge in [0.15, 0.2) is 0 Å². The zero-order valence-electron chi connectivity index (χ0n) is 12.4. The van der Waals surface area contributed by atoms with Crippen LogP contribution in [0.25, 0.3) is 0 Å². The molecule has 0 aromatic rings. The Balaban J connectivity index is 2.66. The summed E-state index contributed by atoms with van der Waals surface area (Å²) in [5.74, 6) is -1.65. The van der Waals surface area contributed by atoms with Crippen molar-refractivity contribution in [2.24, 2.45) is 5.92 Å². The predicted molar refractivity (Wildman–Crippen MR) is 73.0 cm³/mol. The summed E-state index contributed by atoms with van der Waals surface area (Å²) >= 11 is 0. The van der Waals surface area contributed by atoms with Gasteiger partial charge in [-0.3, -0.25) is 14.4 Å². The van der Waals surface area contributed by atoms with Crippen molar-refractivity contribution in [3.8, 4) is 0 Å². The molecule has 1 aliphatic heterocycles. The second-order valence-corrected chi connectivity index (χ2v) is 5.65. The minimum atomic E-state index is -0.916. The van der Waals surface area contributed by atoms with Crippen LogP contribution in [0.3, 0.4) is 0 Å². The van der Waals surface area contributed by atoms with Gasteiger partial charge in [0, 0.05) is 11.5 Å². The van der Waals surface area contributed by atoms with E-state index in [-0.39, 0.29) is 30.3 Å². The molecule has 2 unspecified atom stereocenters. The number of rotatable bonds is 7. The first-order valence-electron chi connectivity index (χ1n) is 6.65. The van der Waals surface area contributed by atoms with Crippen molar-refractivity contribution in [3.63, 3.8) is 0 Å². The second kappa shape index (κ2) is 7.05. The Hall–Kier alpha value is -2.12. The zero-order valence-corrected chi connectivity index (χ0v) is 12.4. The molecule has 0 saturated carbocycles. The molecule has 0 aromatic heterocycles. The molecule has 0 aromatic carbocycles. The summed E-state index contributed by atoms with van der Waals surface area (Å²) in [7, 11) is 1.21. The van der Waals surface area contributed by atoms with Gasteiger partial charge in [-0.25, -0.2) is 4.79 Å². The first-order chi connectivity index (χ1) is 9.79. The van der Waals surface area contributed by atoms with E-state index in [1.165, 1.54) is 7.11 Å². The molecule has 0 spiro atoms. The van der Waals surface area contributed by atoms with E-state index in [0.29, 0.717) is 12.8 Å². The molecule has 1 heterocycles. The average Bonchev–Trinajstić information content (AvgIpc) is 2.67. The minimum absolute atomic E-state index is 0.144. The van der Waals surface area contributed by atoms with E-state index in [4.69, 9.17) is 0 Å². The van der Waals surface area contributed by atoms with Crippen LogP contribution in [0.15, 0.2) is 0 Å². The number of esters is 1. The lowest BCUT2D eigenvalue weighted by atomic mass is 9.91. The van der Waals surface area contributed by atoms with Crippen molar-refractivity contribution in [1.29, 1.82) is 0 Å². The predicted octanol–water partition coefficient (Wildman–Crippen LogP) is -1.30. The molecule has 8 nitrogen and oxygen atoms in total. The Kier molecular flexibility index (Phi) is 5.69. The SMILES string of the molecule is COC(=O)C(CC1CC(C)(C)NC1=O)NC(=O)CNC=O. The summed E-state index contributed by atoms with van der Waals surface area (Å²) in [6, 6.07) is -0.916. The van der Waals surface area contributed by atoms with Gasteiger partial charge in [0.25, 0.3) is 0 Å². The Morgan fingerprint density at radius 3 is 2.67 bits per heavy atom. The van der Waals surface area contributed by atoms with Crippen LogP contribution in [0.5, 0.6) is 0 Å². The quantitative estimate of drug-likeness (QED) is 0.399. The van der Waals surface area contributed by atoms with E-state index < -0.39 is 17.9 Å². The Bertz CT molecular complexity index is 436. The lowest BCUT2D eigenvalue weighted by Crippen LogP contribution is -2.46. The molecule has 0 radical (unpaired) electrons. The van der Waals surface area contributed by atoms with Crippen LogP contribution in [0.2, 0.25) is 0 Å². The van der Waals surface area contributed by atoms with Gasteiger partial charge in [-0.15, -0.1) is 0 Å². The minimum Gasteiger partial charge on any atom is -0.467 e. The molecule has 1 aliphatic rings. The normalized spacial score (nSPS) is 21.1. The van der Waals surface area contributed by atoms with Crippen molar-refractivity contribution < 1.29 is 23.9 Å². The monoisotopic (exact) mass is 299 g/mol. The topological polar surface area (TPSA) is 114 Å². The maximum Gasteiger partial charge on any atom is 0.328 e. The maximum absolute atomic E-state index is 11.9. The number of amides is 3. The van der Waals surface area contributed by atoms with Crippen LogP contribution in [0, 0.1) is 5.92 Å². The number of ether oxygens (including phenoxy) is 1. The number of hydrogen-bond donors (Lipinski definition) is 3. The first-order valence-corrected chi connectivity index (χ1v) is 6.65. The molecule has 21 heavy (non-hydrogen) atoms. The fraction of sp³-hybridized carbons (Fsp3) is 0.692. The van der Waals surface area contributed by atoms with Gasteiger partial charge < -0.3 is 20.7 Å². The van der Waals surface area contributed by atoms with Gasteiger partial charge in [-0.05, 0) is 26.7 Å². The molecule has 8 heteroatoms. The number of nitrogens with one attached hydrogen (secondary N) is 3. The molecular weight excluding hydrogens is 278 g/mol. The number of carbonyl (C=O) groups is 4. The van der Waals surface area contributed by atoms with E-state index >= 15 is 0 Å². The van der Waals surface area contributed by atoms with E-state index in [0.717, 1.165) is 0 Å². The van der Waals surface area contributed by atoms with Gasteiger partial charge in [-0.2, -0.15) is 0 Å². The van der Waals surface area contributed by atoms with E-state index in [2.05, 4.69) is 20.7 Å². The highest BCUT2D eigenvalue weighted by Crippen LogP contribution is 2.27. The van der Waals surface area contributed by atoms with Crippen molar-refractivity contribution in [2.45, 2.75) is 38.3 Å². The van der Waals surface area contributed by atoms with Crippen molar-refractivity contribution in [1.82, 2.24) is 16.0 Å². The summed E-state index contributed by atoms with van der Waals surface area (Å²) in [6.45, 7) is 3.55. The third-order valence-electron chi connectivity index (χ3n) is 3.28. The lowest BCUT2D eigenvalue weighted by molar-refractivity contribution is -0.145. The number of methoxy groups -OCH3 is 1. The van der Waals surface area contributed by atoms with Gasteiger partial charge in [-0.1, -0.05) is 0 Å². The Morgan fingerprint density at radius 2 is 2.19 bits per heavy atom. The molecule has 3 N–H and O–H groups in total. The van der Waals surface area contributed by atoms with Crippen molar-refractivity contribution in [2.75, 3.05) is 13.7 Å². The van der Waals surface area contributed by atoms with E-state index in [1.807, 2.05) is 13.8 Å². The van der Waals surface area contributed by atoms with E-state index in [1.54, 1.807) is 0 Å². The highest BCUT2D eigenvalue weighted by atomic mass is 16.5. The molecule has 0 aliphatic carbocycles. The Labute approximate surface area is 123 Å². The smallest absolute Gasteiger partial charge is 0.328 e. The second-order valence-electron chi connectivity index (χ2n) is 5.65. The molecule has 1 fully saturated rings. The lowest BCUT2D eigenvalue weighted by Gasteiger charge is -2.19. The van der Waals surface area contributed by atoms with Gasteiger partial charge in [0.1, 0.15) is 6.04 Å². The van der Waals surface area contributed by atoms with Crippen LogP contribution in [-0.2, 0) is 23.9 Å². The van der Waals surface area contributed by atoms with Crippen LogP contribution in [0.1, 0.15) is 26.7 Å². The largest absolute Gasteiger partial charge is 0.467 e. The zero-order chi connectivity index (χ0) is 16.0. The third-order valence-corrected chi connectivity index (χ3v) is 3.28. The summed E-state index contributed by atoms with van der Waals surface area (Å²) in [5, 5.41) is 7.49. The molecule has 2 atom stereocenters. The van der Waals surface area contributed by atoms with Crippen LogP contribution in [-0.4, -0.2) is 49.4 Å². The number of hydrogen-bond acceptors (Lipinski definition) is 5. The fourth-order valence-corrected chi connectivity index (χ4v) is 2.41. The van der Waals surface area contributed by atoms with Crippen molar-refractivity contribution >= 4 is 24.2 Å². The summed E-state index contributed by atoms with van der Waals surface area (Å²) in [4.78, 5) is 45.3. The van der Waals surface area contributed by atoms with Gasteiger partial charge >= 0.3 is 5.97 Å². The van der Waals surface area contributed by atoms with Crippen molar-refractivity contribution in [3.05, 3.63) is 0 Å². The highest BCUT2D eigenvalue weighted by Gasteiger charge is 2.40. The standard InChI is InChI=1S/C13H21N3O5/c1-13(2)5-8(11(19)16-13)4-9(12(20)21-3)15-10(18)6-14-7-17/h7-9H,4-6H2,1-3H3,(H,14,17)(H,15,18)(H,16,19). The number of carbonyl (C=O) groups excluding carboxylic acids is 4. The average molecular weight is 299 g/mol. The molecule has 1 saturated heterocycles. The summed E-state index contributed by atoms with van der Waals surface area (Å²) < 4.78 is 4.64. The molecule has 118 valence electrons.